The van der Waals surface area contributed by atoms with Crippen LogP contribution in [0, 0.1) is 0 Å². The number of anilines is 1. The van der Waals surface area contributed by atoms with Crippen LogP contribution in [0.1, 0.15) is 5.56 Å². The van der Waals surface area contributed by atoms with Crippen molar-refractivity contribution in [2.75, 3.05) is 5.73 Å². The van der Waals surface area contributed by atoms with E-state index in [9.17, 15) is 0 Å². The molecule has 2 aromatic heterocycles. The van der Waals surface area contributed by atoms with E-state index in [1.165, 1.54) is 80.9 Å². The first kappa shape index (κ1) is 31.6. The van der Waals surface area contributed by atoms with E-state index < -0.39 is 0 Å². The number of aromatic nitrogens is 1. The molecule has 0 aliphatic carbocycles. The lowest BCUT2D eigenvalue weighted by molar-refractivity contribution is 1.17. The molecule has 0 bridgehead atoms. The van der Waals surface area contributed by atoms with Crippen LogP contribution >= 0.6 is 23.1 Å². The van der Waals surface area contributed by atoms with E-state index in [1.807, 2.05) is 23.1 Å². The van der Waals surface area contributed by atoms with Crippen LogP contribution in [-0.2, 0) is 5.75 Å². The number of hydrogen-bond acceptors (Lipinski definition) is 3. The van der Waals surface area contributed by atoms with Gasteiger partial charge in [-0.05, 0) is 87.5 Å². The zero-order valence-corrected chi connectivity index (χ0v) is 30.5. The molecule has 8 aromatic carbocycles. The number of nitrogen functional groups attached to an aromatic ring is 1. The van der Waals surface area contributed by atoms with Crippen LogP contribution < -0.4 is 5.73 Å². The number of nitrogens with zero attached hydrogens (tertiary/aromatic N) is 1. The number of fused-ring (bicyclic) bond motifs is 6. The minimum Gasteiger partial charge on any atom is -0.397 e. The summed E-state index contributed by atoms with van der Waals surface area (Å²) in [5.74, 6) is 0.811. The van der Waals surface area contributed by atoms with Gasteiger partial charge in [-0.15, -0.1) is 23.1 Å². The quantitative estimate of drug-likeness (QED) is 0.132. The Morgan fingerprint density at radius 3 is 1.62 bits per heavy atom. The normalized spacial score (nSPS) is 11.6. The summed E-state index contributed by atoms with van der Waals surface area (Å²) in [6.45, 7) is 0. The lowest BCUT2D eigenvalue weighted by Crippen LogP contribution is -1.96. The molecule has 0 amide bonds. The molecule has 0 saturated heterocycles. The highest BCUT2D eigenvalue weighted by Crippen LogP contribution is 2.47. The average Bonchev–Trinajstić information content (AvgIpc) is 3.77. The second-order valence-electron chi connectivity index (χ2n) is 13.5. The molecule has 0 fully saturated rings. The van der Waals surface area contributed by atoms with Crippen LogP contribution in [0.2, 0.25) is 0 Å². The number of nitrogens with two attached hydrogens (primary N) is 1. The fourth-order valence-electron chi connectivity index (χ4n) is 7.71. The van der Waals surface area contributed by atoms with Crippen molar-refractivity contribution in [1.82, 2.24) is 4.57 Å². The van der Waals surface area contributed by atoms with Crippen molar-refractivity contribution in [3.8, 4) is 39.1 Å². The number of thiophene rings is 1. The van der Waals surface area contributed by atoms with Crippen molar-refractivity contribution in [3.05, 3.63) is 188 Å². The topological polar surface area (TPSA) is 30.9 Å². The van der Waals surface area contributed by atoms with Gasteiger partial charge in [-0.2, -0.15) is 0 Å². The second kappa shape index (κ2) is 13.2. The molecule has 10 aromatic rings. The average molecular weight is 715 g/mol. The van der Waals surface area contributed by atoms with Gasteiger partial charge < -0.3 is 10.3 Å². The van der Waals surface area contributed by atoms with Crippen molar-refractivity contribution in [1.29, 1.82) is 0 Å². The predicted molar refractivity (Wildman–Crippen MR) is 230 cm³/mol. The van der Waals surface area contributed by atoms with Gasteiger partial charge in [-0.25, -0.2) is 0 Å². The molecule has 0 aliphatic rings. The first-order valence-electron chi connectivity index (χ1n) is 17.9. The van der Waals surface area contributed by atoms with Gasteiger partial charge in [-0.1, -0.05) is 133 Å². The van der Waals surface area contributed by atoms with Gasteiger partial charge in [0.15, 0.2) is 0 Å². The summed E-state index contributed by atoms with van der Waals surface area (Å²) in [6.07, 6.45) is 0. The summed E-state index contributed by atoms with van der Waals surface area (Å²) in [5.41, 5.74) is 20.0. The number of hydrogen-bond donors (Lipinski definition) is 1. The fourth-order valence-corrected chi connectivity index (χ4v) is 9.96. The van der Waals surface area contributed by atoms with E-state index in [-0.39, 0.29) is 0 Å². The van der Waals surface area contributed by atoms with E-state index in [0.717, 1.165) is 22.0 Å². The van der Waals surface area contributed by atoms with Crippen molar-refractivity contribution in [2.24, 2.45) is 0 Å². The van der Waals surface area contributed by atoms with Gasteiger partial charge in [-0.3, -0.25) is 0 Å². The fraction of sp³-hybridized carbons (Fsp3) is 0.0204. The molecule has 0 atom stereocenters. The molecule has 53 heavy (non-hydrogen) atoms. The second-order valence-corrected chi connectivity index (χ2v) is 15.6. The highest BCUT2D eigenvalue weighted by molar-refractivity contribution is 7.98. The third kappa shape index (κ3) is 5.59. The van der Waals surface area contributed by atoms with Gasteiger partial charge >= 0.3 is 0 Å². The third-order valence-electron chi connectivity index (χ3n) is 10.3. The molecule has 2 N–H and O–H groups in total. The van der Waals surface area contributed by atoms with Gasteiger partial charge in [0.2, 0.25) is 0 Å². The first-order chi connectivity index (χ1) is 26.2. The SMILES string of the molecule is Nc1c(SCc2ccc(-n3c4ccc(-c5ccccc5)cc4c4cc(-c5ccccc5)ccc43)cc2)c(-c2ccccc2)cc2sc3ccccc3c12. The molecular formula is C49H34N2S2. The highest BCUT2D eigenvalue weighted by atomic mass is 32.2. The Balaban J connectivity index is 1.04. The zero-order chi connectivity index (χ0) is 35.3. The summed E-state index contributed by atoms with van der Waals surface area (Å²) >= 11 is 3.65. The van der Waals surface area contributed by atoms with Crippen LogP contribution in [0.4, 0.5) is 5.69 Å². The van der Waals surface area contributed by atoms with Gasteiger partial charge in [0.25, 0.3) is 0 Å². The highest BCUT2D eigenvalue weighted by Gasteiger charge is 2.19. The molecule has 0 spiro atoms. The maximum atomic E-state index is 7.10. The number of thioether (sulfide) groups is 1. The largest absolute Gasteiger partial charge is 0.397 e. The molecule has 0 radical (unpaired) electrons. The maximum absolute atomic E-state index is 7.10. The Hall–Kier alpha value is -6.07. The molecule has 10 rings (SSSR count). The van der Waals surface area contributed by atoms with E-state index >= 15 is 0 Å². The summed E-state index contributed by atoms with van der Waals surface area (Å²) in [4.78, 5) is 1.14. The molecule has 2 nitrogen and oxygen atoms in total. The van der Waals surface area contributed by atoms with E-state index in [4.69, 9.17) is 5.73 Å². The lowest BCUT2D eigenvalue weighted by atomic mass is 10.0. The zero-order valence-electron chi connectivity index (χ0n) is 28.9. The monoisotopic (exact) mass is 714 g/mol. The van der Waals surface area contributed by atoms with Crippen LogP contribution in [0.5, 0.6) is 0 Å². The van der Waals surface area contributed by atoms with Gasteiger partial charge in [0, 0.05) is 47.3 Å². The summed E-state index contributed by atoms with van der Waals surface area (Å²) in [5, 5.41) is 4.90. The Morgan fingerprint density at radius 2 is 1.02 bits per heavy atom. The Kier molecular flexibility index (Phi) is 7.86. The smallest absolute Gasteiger partial charge is 0.0553 e. The molecule has 0 saturated carbocycles. The predicted octanol–water partition coefficient (Wildman–Crippen LogP) is 14.0. The molecule has 0 unspecified atom stereocenters. The standard InChI is InChI=1S/C49H34N2S2/c50-48-47-39-18-10-11-19-45(39)53-46(47)30-40(35-16-8-3-9-17-35)49(48)52-31-32-20-24-38(25-21-32)51-43-26-22-36(33-12-4-1-5-13-33)28-41(43)42-29-37(23-27-44(42)51)34-14-6-2-7-15-34/h1-30H,31,50H2. The number of benzene rings is 8. The minimum atomic E-state index is 0.811. The summed E-state index contributed by atoms with van der Waals surface area (Å²) in [7, 11) is 0. The maximum Gasteiger partial charge on any atom is 0.0553 e. The minimum absolute atomic E-state index is 0.811. The Morgan fingerprint density at radius 1 is 0.472 bits per heavy atom. The van der Waals surface area contributed by atoms with Crippen LogP contribution in [0.3, 0.4) is 0 Å². The van der Waals surface area contributed by atoms with Crippen molar-refractivity contribution in [2.45, 2.75) is 10.6 Å². The molecule has 4 heteroatoms. The molecule has 252 valence electrons. The van der Waals surface area contributed by atoms with Crippen LogP contribution in [0.25, 0.3) is 81.0 Å². The Labute approximate surface area is 316 Å². The molecule has 2 heterocycles. The van der Waals surface area contributed by atoms with Crippen molar-refractivity contribution >= 4 is 70.8 Å². The lowest BCUT2D eigenvalue weighted by Gasteiger charge is -2.15. The van der Waals surface area contributed by atoms with E-state index in [0.29, 0.717) is 0 Å². The molecular weight excluding hydrogens is 681 g/mol. The summed E-state index contributed by atoms with van der Waals surface area (Å²) < 4.78 is 4.91. The van der Waals surface area contributed by atoms with E-state index in [1.54, 1.807) is 0 Å². The van der Waals surface area contributed by atoms with Crippen LogP contribution in [-0.4, -0.2) is 4.57 Å². The summed E-state index contributed by atoms with van der Waals surface area (Å²) in [6, 6.07) is 65.7. The van der Waals surface area contributed by atoms with Crippen molar-refractivity contribution < 1.29 is 0 Å². The Bertz CT molecular complexity index is 2830. The third-order valence-corrected chi connectivity index (χ3v) is 12.6. The molecule has 0 aliphatic heterocycles. The van der Waals surface area contributed by atoms with Gasteiger partial charge in [0.1, 0.15) is 0 Å². The number of rotatable bonds is 7. The van der Waals surface area contributed by atoms with Crippen LogP contribution in [0.15, 0.2) is 187 Å². The van der Waals surface area contributed by atoms with E-state index in [2.05, 4.69) is 187 Å². The van der Waals surface area contributed by atoms with Crippen molar-refractivity contribution in [3.63, 3.8) is 0 Å². The van der Waals surface area contributed by atoms with Gasteiger partial charge in [0.05, 0.1) is 16.7 Å². The first-order valence-corrected chi connectivity index (χ1v) is 19.7.